The van der Waals surface area contributed by atoms with Crippen LogP contribution in [0.5, 0.6) is 0 Å². The van der Waals surface area contributed by atoms with Gasteiger partial charge in [0.05, 0.1) is 20.4 Å². The van der Waals surface area contributed by atoms with Crippen LogP contribution in [0.4, 0.5) is 10.1 Å². The van der Waals surface area contributed by atoms with E-state index in [1.54, 1.807) is 0 Å². The van der Waals surface area contributed by atoms with E-state index >= 15 is 0 Å². The number of rotatable bonds is 4. The molecule has 13 heteroatoms. The molecule has 25 heavy (non-hydrogen) atoms. The number of hydrogen-bond acceptors (Lipinski definition) is 6. The van der Waals surface area contributed by atoms with Gasteiger partial charge in [-0.1, -0.05) is 17.7 Å². The van der Waals surface area contributed by atoms with E-state index in [4.69, 9.17) is 16.7 Å². The van der Waals surface area contributed by atoms with Gasteiger partial charge in [-0.2, -0.15) is 8.42 Å². The lowest BCUT2D eigenvalue weighted by Gasteiger charge is -2.13. The molecule has 3 N–H and O–H groups in total. The van der Waals surface area contributed by atoms with Gasteiger partial charge in [-0.05, 0) is 18.2 Å². The quantitative estimate of drug-likeness (QED) is 0.442. The zero-order valence-corrected chi connectivity index (χ0v) is 14.3. The normalized spacial score (nSPS) is 12.2. The molecule has 0 amide bonds. The van der Waals surface area contributed by atoms with Gasteiger partial charge in [-0.3, -0.25) is 14.7 Å². The molecular weight excluding hydrogens is 403 g/mol. The smallest absolute Gasteiger partial charge is 0.282 e. The van der Waals surface area contributed by atoms with Gasteiger partial charge in [0.15, 0.2) is 0 Å². The Labute approximate surface area is 145 Å². The van der Waals surface area contributed by atoms with Crippen molar-refractivity contribution in [3.05, 3.63) is 51.3 Å². The monoisotopic (exact) mass is 410 g/mol. The maximum Gasteiger partial charge on any atom is 0.295 e. The first-order valence-electron chi connectivity index (χ1n) is 6.11. The Morgan fingerprint density at radius 1 is 1.12 bits per heavy atom. The van der Waals surface area contributed by atoms with Gasteiger partial charge < -0.3 is 0 Å². The fourth-order valence-electron chi connectivity index (χ4n) is 2.16. The van der Waals surface area contributed by atoms with E-state index in [2.05, 4.69) is 0 Å². The third-order valence-corrected chi connectivity index (χ3v) is 5.12. The van der Waals surface area contributed by atoms with Crippen LogP contribution in [0.25, 0.3) is 11.1 Å². The van der Waals surface area contributed by atoms with E-state index < -0.39 is 57.5 Å². The second kappa shape index (κ2) is 6.31. The number of benzene rings is 2. The van der Waals surface area contributed by atoms with Crippen LogP contribution in [0.3, 0.4) is 0 Å². The van der Waals surface area contributed by atoms with Crippen LogP contribution in [-0.2, 0) is 20.1 Å². The van der Waals surface area contributed by atoms with Crippen LogP contribution >= 0.6 is 11.6 Å². The summed E-state index contributed by atoms with van der Waals surface area (Å²) in [6.45, 7) is 0. The van der Waals surface area contributed by atoms with Crippen molar-refractivity contribution in [2.24, 2.45) is 5.14 Å². The highest BCUT2D eigenvalue weighted by Crippen LogP contribution is 2.41. The number of nitro benzene ring substituents is 1. The van der Waals surface area contributed by atoms with Crippen molar-refractivity contribution in [3.8, 4) is 11.1 Å². The number of nitro groups is 1. The van der Waals surface area contributed by atoms with Crippen LogP contribution in [0, 0.1) is 15.9 Å². The molecule has 0 fully saturated rings. The number of halogens is 2. The molecule has 0 aromatic heterocycles. The number of sulfonamides is 1. The zero-order valence-electron chi connectivity index (χ0n) is 11.9. The molecule has 0 bridgehead atoms. The van der Waals surface area contributed by atoms with Crippen molar-refractivity contribution in [2.45, 2.75) is 9.79 Å². The molecule has 0 spiro atoms. The van der Waals surface area contributed by atoms with Gasteiger partial charge in [-0.25, -0.2) is 17.9 Å². The number of primary sulfonamides is 1. The third kappa shape index (κ3) is 3.77. The average molecular weight is 411 g/mol. The van der Waals surface area contributed by atoms with Gasteiger partial charge in [0.2, 0.25) is 10.0 Å². The first-order valence-corrected chi connectivity index (χ1v) is 9.47. The fourth-order valence-corrected chi connectivity index (χ4v) is 3.91. The van der Waals surface area contributed by atoms with Crippen LogP contribution in [0.2, 0.25) is 5.02 Å². The van der Waals surface area contributed by atoms with Crippen LogP contribution in [-0.4, -0.2) is 26.3 Å². The minimum absolute atomic E-state index is 0.380. The maximum absolute atomic E-state index is 14.4. The fraction of sp³-hybridized carbons (Fsp3) is 0. The highest BCUT2D eigenvalue weighted by atomic mass is 35.5. The summed E-state index contributed by atoms with van der Waals surface area (Å²) in [5.41, 5.74) is -2.97. The lowest BCUT2D eigenvalue weighted by molar-refractivity contribution is -0.384. The van der Waals surface area contributed by atoms with Crippen molar-refractivity contribution in [1.29, 1.82) is 0 Å². The summed E-state index contributed by atoms with van der Waals surface area (Å²) in [6.07, 6.45) is 0. The second-order valence-electron chi connectivity index (χ2n) is 4.69. The molecule has 2 aromatic rings. The first kappa shape index (κ1) is 19.2. The van der Waals surface area contributed by atoms with E-state index in [1.165, 1.54) is 0 Å². The van der Waals surface area contributed by atoms with Crippen LogP contribution in [0.15, 0.2) is 40.1 Å². The minimum Gasteiger partial charge on any atom is -0.282 e. The SMILES string of the molecule is NS(=O)(=O)c1cccc(S(=O)(=O)O)c1-c1c(F)cc(Cl)cc1[N+](=O)[O-]. The van der Waals surface area contributed by atoms with Gasteiger partial charge in [0, 0.05) is 11.6 Å². The first-order chi connectivity index (χ1) is 11.3. The summed E-state index contributed by atoms with van der Waals surface area (Å²) in [6, 6.07) is 3.81. The van der Waals surface area contributed by atoms with Crippen molar-refractivity contribution in [1.82, 2.24) is 0 Å². The van der Waals surface area contributed by atoms with Gasteiger partial charge in [0.1, 0.15) is 10.7 Å². The van der Waals surface area contributed by atoms with E-state index in [9.17, 15) is 35.9 Å². The minimum atomic E-state index is -5.08. The Morgan fingerprint density at radius 2 is 1.68 bits per heavy atom. The molecule has 0 unspecified atom stereocenters. The molecule has 0 heterocycles. The van der Waals surface area contributed by atoms with E-state index in [0.29, 0.717) is 12.1 Å². The summed E-state index contributed by atoms with van der Waals surface area (Å²) in [5.74, 6) is -1.37. The molecule has 2 aromatic carbocycles. The predicted octanol–water partition coefficient (Wildman–Crippen LogP) is 1.95. The number of nitrogens with two attached hydrogens (primary N) is 1. The topological polar surface area (TPSA) is 158 Å². The van der Waals surface area contributed by atoms with Crippen molar-refractivity contribution < 1.29 is 30.7 Å². The Bertz CT molecular complexity index is 1050. The Morgan fingerprint density at radius 3 is 2.16 bits per heavy atom. The molecule has 0 radical (unpaired) electrons. The maximum atomic E-state index is 14.4. The molecule has 0 saturated heterocycles. The lowest BCUT2D eigenvalue weighted by Crippen LogP contribution is -2.16. The van der Waals surface area contributed by atoms with Crippen molar-refractivity contribution >= 4 is 37.4 Å². The summed E-state index contributed by atoms with van der Waals surface area (Å²) in [5, 5.41) is 15.8. The summed E-state index contributed by atoms with van der Waals surface area (Å²) in [4.78, 5) is 8.13. The molecule has 9 nitrogen and oxygen atoms in total. The number of hydrogen-bond donors (Lipinski definition) is 2. The molecule has 0 saturated carbocycles. The van der Waals surface area contributed by atoms with Gasteiger partial charge >= 0.3 is 0 Å². The zero-order chi connectivity index (χ0) is 19.2. The number of nitrogens with zero attached hydrogens (tertiary/aromatic N) is 1. The summed E-state index contributed by atoms with van der Waals surface area (Å²) in [7, 11) is -9.71. The highest BCUT2D eigenvalue weighted by molar-refractivity contribution is 7.89. The summed E-state index contributed by atoms with van der Waals surface area (Å²) >= 11 is 5.56. The molecule has 2 rings (SSSR count). The Balaban J connectivity index is 3.16. The Hall–Kier alpha value is -2.12. The lowest BCUT2D eigenvalue weighted by atomic mass is 10.0. The van der Waals surface area contributed by atoms with Crippen molar-refractivity contribution in [2.75, 3.05) is 0 Å². The second-order valence-corrected chi connectivity index (χ2v) is 8.04. The van der Waals surface area contributed by atoms with E-state index in [1.807, 2.05) is 0 Å². The van der Waals surface area contributed by atoms with E-state index in [-0.39, 0.29) is 5.02 Å². The molecule has 134 valence electrons. The largest absolute Gasteiger partial charge is 0.295 e. The van der Waals surface area contributed by atoms with E-state index in [0.717, 1.165) is 18.2 Å². The predicted molar refractivity (Wildman–Crippen MR) is 84.7 cm³/mol. The molecular formula is C12H8ClFN2O7S2. The molecule has 0 atom stereocenters. The van der Waals surface area contributed by atoms with Crippen LogP contribution < -0.4 is 5.14 Å². The van der Waals surface area contributed by atoms with Crippen molar-refractivity contribution in [3.63, 3.8) is 0 Å². The third-order valence-electron chi connectivity index (χ3n) is 3.05. The Kier molecular flexibility index (Phi) is 4.85. The van der Waals surface area contributed by atoms with Gasteiger partial charge in [0.25, 0.3) is 15.8 Å². The van der Waals surface area contributed by atoms with Gasteiger partial charge in [-0.15, -0.1) is 0 Å². The standard InChI is InChI=1S/C12H8ClFN2O7S2/c13-6-4-7(14)11(8(5-6)16(17)18)12-9(24(15,19)20)2-1-3-10(12)25(21,22)23/h1-5H,(H2,15,19,20)(H,21,22,23). The molecule has 0 aliphatic rings. The average Bonchev–Trinajstić information content (AvgIpc) is 2.43. The van der Waals surface area contributed by atoms with Crippen LogP contribution in [0.1, 0.15) is 0 Å². The molecule has 0 aliphatic heterocycles. The molecule has 0 aliphatic carbocycles. The summed E-state index contributed by atoms with van der Waals surface area (Å²) < 4.78 is 70.3. The highest BCUT2D eigenvalue weighted by Gasteiger charge is 2.32.